The fourth-order valence-corrected chi connectivity index (χ4v) is 2.62. The Labute approximate surface area is 103 Å². The molecule has 0 fully saturated rings. The molecule has 0 saturated heterocycles. The number of halogens is 1. The van der Waals surface area contributed by atoms with E-state index in [1.165, 1.54) is 17.5 Å². The van der Waals surface area contributed by atoms with Crippen LogP contribution in [0.2, 0.25) is 5.02 Å². The van der Waals surface area contributed by atoms with Crippen LogP contribution in [0.3, 0.4) is 0 Å². The summed E-state index contributed by atoms with van der Waals surface area (Å²) in [6, 6.07) is 7.21. The lowest BCUT2D eigenvalue weighted by atomic mass is 10.1. The number of benzene rings is 1. The zero-order chi connectivity index (χ0) is 11.5. The molecule has 1 aromatic carbocycles. The van der Waals surface area contributed by atoms with E-state index < -0.39 is 0 Å². The molecule has 2 rings (SSSR count). The molecule has 2 atom stereocenters. The summed E-state index contributed by atoms with van der Waals surface area (Å²) in [5, 5.41) is 4.49. The van der Waals surface area contributed by atoms with Crippen molar-refractivity contribution in [2.75, 3.05) is 0 Å². The molecule has 0 bridgehead atoms. The highest BCUT2D eigenvalue weighted by molar-refractivity contribution is 6.30. The lowest BCUT2D eigenvalue weighted by Crippen LogP contribution is -2.28. The van der Waals surface area contributed by atoms with E-state index in [-0.39, 0.29) is 0 Å². The van der Waals surface area contributed by atoms with Crippen molar-refractivity contribution in [3.05, 3.63) is 47.0 Å². The maximum atomic E-state index is 5.99. The van der Waals surface area contributed by atoms with Crippen molar-refractivity contribution in [2.24, 2.45) is 0 Å². The van der Waals surface area contributed by atoms with Gasteiger partial charge in [0.15, 0.2) is 0 Å². The summed E-state index contributed by atoms with van der Waals surface area (Å²) in [5.74, 6) is 0. The first-order valence-corrected chi connectivity index (χ1v) is 6.23. The van der Waals surface area contributed by atoms with E-state index in [0.29, 0.717) is 12.1 Å². The van der Waals surface area contributed by atoms with Crippen LogP contribution in [0.15, 0.2) is 30.9 Å². The van der Waals surface area contributed by atoms with Crippen molar-refractivity contribution in [1.29, 1.82) is 0 Å². The van der Waals surface area contributed by atoms with E-state index >= 15 is 0 Å². The number of fused-ring (bicyclic) bond motifs is 1. The second-order valence-corrected chi connectivity index (χ2v) is 4.96. The normalized spacial score (nSPS) is 20.5. The van der Waals surface area contributed by atoms with Gasteiger partial charge in [-0.2, -0.15) is 0 Å². The highest BCUT2D eigenvalue weighted by Crippen LogP contribution is 2.33. The molecule has 0 heterocycles. The summed E-state index contributed by atoms with van der Waals surface area (Å²) in [6.45, 7) is 5.98. The van der Waals surface area contributed by atoms with Crippen LogP contribution < -0.4 is 5.32 Å². The van der Waals surface area contributed by atoms with Gasteiger partial charge in [0.05, 0.1) is 0 Å². The first-order valence-electron chi connectivity index (χ1n) is 5.86. The molecule has 1 nitrogen and oxygen atoms in total. The standard InChI is InChI=1S/C14H18ClN/c1-3-4-10(2)16-14-8-5-11-9-12(15)6-7-13(11)14/h3,6-7,9-10,14,16H,1,4-5,8H2,2H3. The number of hydrogen-bond acceptors (Lipinski definition) is 1. The minimum atomic E-state index is 0.488. The number of nitrogens with one attached hydrogen (secondary N) is 1. The number of aryl methyl sites for hydroxylation is 1. The molecular formula is C14H18ClN. The largest absolute Gasteiger partial charge is 0.307 e. The fraction of sp³-hybridized carbons (Fsp3) is 0.429. The van der Waals surface area contributed by atoms with Crippen molar-refractivity contribution in [3.63, 3.8) is 0 Å². The first-order chi connectivity index (χ1) is 7.70. The topological polar surface area (TPSA) is 12.0 Å². The summed E-state index contributed by atoms with van der Waals surface area (Å²) < 4.78 is 0. The van der Waals surface area contributed by atoms with Gasteiger partial charge in [0, 0.05) is 17.1 Å². The Morgan fingerprint density at radius 1 is 1.62 bits per heavy atom. The van der Waals surface area contributed by atoms with E-state index in [4.69, 9.17) is 11.6 Å². The maximum Gasteiger partial charge on any atom is 0.0408 e. The second-order valence-electron chi connectivity index (χ2n) is 4.53. The molecule has 16 heavy (non-hydrogen) atoms. The van der Waals surface area contributed by atoms with Gasteiger partial charge in [-0.25, -0.2) is 0 Å². The Morgan fingerprint density at radius 3 is 3.19 bits per heavy atom. The maximum absolute atomic E-state index is 5.99. The Bertz CT molecular complexity index is 386. The van der Waals surface area contributed by atoms with E-state index in [1.54, 1.807) is 0 Å². The van der Waals surface area contributed by atoms with Gasteiger partial charge in [-0.15, -0.1) is 6.58 Å². The van der Waals surface area contributed by atoms with Gasteiger partial charge < -0.3 is 5.32 Å². The Morgan fingerprint density at radius 2 is 2.44 bits per heavy atom. The predicted octanol–water partition coefficient (Wildman–Crippen LogP) is 3.88. The molecule has 0 spiro atoms. The van der Waals surface area contributed by atoms with Crippen molar-refractivity contribution < 1.29 is 0 Å². The van der Waals surface area contributed by atoms with Gasteiger partial charge in [-0.1, -0.05) is 23.7 Å². The van der Waals surface area contributed by atoms with Gasteiger partial charge >= 0.3 is 0 Å². The molecular weight excluding hydrogens is 218 g/mol. The van der Waals surface area contributed by atoms with Crippen LogP contribution in [0.4, 0.5) is 0 Å². The highest BCUT2D eigenvalue weighted by atomic mass is 35.5. The fourth-order valence-electron chi connectivity index (χ4n) is 2.42. The first kappa shape index (κ1) is 11.7. The summed E-state index contributed by atoms with van der Waals surface area (Å²) in [6.07, 6.45) is 5.29. The monoisotopic (exact) mass is 235 g/mol. The molecule has 0 radical (unpaired) electrons. The third kappa shape index (κ3) is 2.47. The average Bonchev–Trinajstić information content (AvgIpc) is 2.61. The van der Waals surface area contributed by atoms with Crippen LogP contribution in [0.5, 0.6) is 0 Å². The van der Waals surface area contributed by atoms with Gasteiger partial charge in [0.2, 0.25) is 0 Å². The summed E-state index contributed by atoms with van der Waals surface area (Å²) in [4.78, 5) is 0. The van der Waals surface area contributed by atoms with Crippen LogP contribution in [0, 0.1) is 0 Å². The van der Waals surface area contributed by atoms with Crippen LogP contribution in [0.1, 0.15) is 36.9 Å². The Kier molecular flexibility index (Phi) is 3.67. The SMILES string of the molecule is C=CCC(C)NC1CCc2cc(Cl)ccc21. The molecule has 0 aromatic heterocycles. The van der Waals surface area contributed by atoms with Crippen LogP contribution in [-0.4, -0.2) is 6.04 Å². The molecule has 2 heteroatoms. The van der Waals surface area contributed by atoms with Gasteiger partial charge in [-0.05, 0) is 49.4 Å². The third-order valence-electron chi connectivity index (χ3n) is 3.19. The van der Waals surface area contributed by atoms with E-state index in [0.717, 1.165) is 17.9 Å². The molecule has 1 aromatic rings. The van der Waals surface area contributed by atoms with Crippen LogP contribution in [-0.2, 0) is 6.42 Å². The molecule has 0 amide bonds. The molecule has 1 N–H and O–H groups in total. The van der Waals surface area contributed by atoms with Crippen LogP contribution >= 0.6 is 11.6 Å². The van der Waals surface area contributed by atoms with Crippen molar-refractivity contribution >= 4 is 11.6 Å². The van der Waals surface area contributed by atoms with E-state index in [2.05, 4.69) is 31.0 Å². The van der Waals surface area contributed by atoms with Crippen molar-refractivity contribution in [2.45, 2.75) is 38.3 Å². The predicted molar refractivity (Wildman–Crippen MR) is 69.9 cm³/mol. The van der Waals surface area contributed by atoms with Gasteiger partial charge in [0.1, 0.15) is 0 Å². The van der Waals surface area contributed by atoms with E-state index in [9.17, 15) is 0 Å². The molecule has 1 aliphatic rings. The molecule has 86 valence electrons. The lowest BCUT2D eigenvalue weighted by Gasteiger charge is -2.19. The quantitative estimate of drug-likeness (QED) is 0.781. The summed E-state index contributed by atoms with van der Waals surface area (Å²) >= 11 is 5.99. The minimum absolute atomic E-state index is 0.488. The molecule has 0 saturated carbocycles. The smallest absolute Gasteiger partial charge is 0.0408 e. The zero-order valence-electron chi connectivity index (χ0n) is 9.67. The Hall–Kier alpha value is -0.790. The van der Waals surface area contributed by atoms with Gasteiger partial charge in [-0.3, -0.25) is 0 Å². The summed E-state index contributed by atoms with van der Waals surface area (Å²) in [5.41, 5.74) is 2.82. The van der Waals surface area contributed by atoms with Crippen LogP contribution in [0.25, 0.3) is 0 Å². The van der Waals surface area contributed by atoms with Crippen molar-refractivity contribution in [1.82, 2.24) is 5.32 Å². The third-order valence-corrected chi connectivity index (χ3v) is 3.42. The second kappa shape index (κ2) is 5.03. The summed E-state index contributed by atoms with van der Waals surface area (Å²) in [7, 11) is 0. The lowest BCUT2D eigenvalue weighted by molar-refractivity contribution is 0.456. The number of hydrogen-bond donors (Lipinski definition) is 1. The van der Waals surface area contributed by atoms with Gasteiger partial charge in [0.25, 0.3) is 0 Å². The molecule has 1 aliphatic carbocycles. The molecule has 0 aliphatic heterocycles. The number of rotatable bonds is 4. The average molecular weight is 236 g/mol. The van der Waals surface area contributed by atoms with Crippen molar-refractivity contribution in [3.8, 4) is 0 Å². The minimum Gasteiger partial charge on any atom is -0.307 e. The van der Waals surface area contributed by atoms with E-state index in [1.807, 2.05) is 12.1 Å². The zero-order valence-corrected chi connectivity index (χ0v) is 10.4. The molecule has 2 unspecified atom stereocenters. The Balaban J connectivity index is 2.08. The highest BCUT2D eigenvalue weighted by Gasteiger charge is 2.23.